The third-order valence-electron chi connectivity index (χ3n) is 5.95. The van der Waals surface area contributed by atoms with E-state index in [2.05, 4.69) is 9.97 Å². The highest BCUT2D eigenvalue weighted by molar-refractivity contribution is 5.99. The Balaban J connectivity index is 1.31. The van der Waals surface area contributed by atoms with Crippen molar-refractivity contribution in [3.8, 4) is 17.4 Å². The molecule has 0 fully saturated rings. The molecule has 2 heterocycles. The van der Waals surface area contributed by atoms with Gasteiger partial charge in [0.05, 0.1) is 11.0 Å². The van der Waals surface area contributed by atoms with Crippen molar-refractivity contribution in [3.05, 3.63) is 113 Å². The lowest BCUT2D eigenvalue weighted by Gasteiger charge is -2.12. The number of aliphatic hydroxyl groups is 1. The molecular formula is C29H24FN3O4. The van der Waals surface area contributed by atoms with Crippen LogP contribution in [0.2, 0.25) is 0 Å². The van der Waals surface area contributed by atoms with Crippen LogP contribution in [-0.4, -0.2) is 25.4 Å². The average molecular weight is 498 g/mol. The molecule has 0 aliphatic heterocycles. The predicted molar refractivity (Wildman–Crippen MR) is 136 cm³/mol. The molecule has 0 amide bonds. The van der Waals surface area contributed by atoms with E-state index in [-0.39, 0.29) is 18.3 Å². The standard InChI is InChI=1S/C29H24FN3O4/c1-18-13-23(30)29(31-16-18)37-22-11-12-24-25(15-22)33(2)26(32-24)17-36-21-10-6-9-20(14-21)28(35)27(34)19-7-4-3-5-8-19/h3-16,28,35H,17H2,1-2H3. The molecule has 8 heteroatoms. The molecule has 1 unspecified atom stereocenters. The molecule has 5 aromatic rings. The number of fused-ring (bicyclic) bond motifs is 1. The number of ether oxygens (including phenoxy) is 2. The van der Waals surface area contributed by atoms with Crippen molar-refractivity contribution < 1.29 is 23.8 Å². The summed E-state index contributed by atoms with van der Waals surface area (Å²) in [6, 6.07) is 22.1. The zero-order valence-corrected chi connectivity index (χ0v) is 20.3. The Hall–Kier alpha value is -4.56. The van der Waals surface area contributed by atoms with E-state index < -0.39 is 11.9 Å². The molecule has 0 saturated heterocycles. The van der Waals surface area contributed by atoms with Gasteiger partial charge < -0.3 is 19.1 Å². The number of halogens is 1. The zero-order valence-electron chi connectivity index (χ0n) is 20.3. The molecule has 1 atom stereocenters. The van der Waals surface area contributed by atoms with Crippen LogP contribution in [-0.2, 0) is 13.7 Å². The molecular weight excluding hydrogens is 473 g/mol. The molecule has 2 aromatic heterocycles. The number of aromatic nitrogens is 3. The van der Waals surface area contributed by atoms with Crippen LogP contribution >= 0.6 is 0 Å². The summed E-state index contributed by atoms with van der Waals surface area (Å²) in [6.45, 7) is 1.91. The van der Waals surface area contributed by atoms with Crippen molar-refractivity contribution in [2.75, 3.05) is 0 Å². The number of benzene rings is 3. The monoisotopic (exact) mass is 497 g/mol. The van der Waals surface area contributed by atoms with Gasteiger partial charge in [-0.2, -0.15) is 0 Å². The molecule has 0 saturated carbocycles. The van der Waals surface area contributed by atoms with E-state index in [1.807, 2.05) is 17.7 Å². The number of hydrogen-bond acceptors (Lipinski definition) is 6. The summed E-state index contributed by atoms with van der Waals surface area (Å²) in [6.07, 6.45) is 0.246. The Kier molecular flexibility index (Phi) is 6.66. The Morgan fingerprint density at radius 3 is 2.62 bits per heavy atom. The first-order valence-electron chi connectivity index (χ1n) is 11.6. The van der Waals surface area contributed by atoms with Crippen molar-refractivity contribution in [2.45, 2.75) is 19.6 Å². The van der Waals surface area contributed by atoms with Crippen LogP contribution in [0.3, 0.4) is 0 Å². The lowest BCUT2D eigenvalue weighted by atomic mass is 10.00. The summed E-state index contributed by atoms with van der Waals surface area (Å²) in [5, 5.41) is 10.6. The molecule has 0 aliphatic rings. The number of imidazole rings is 1. The lowest BCUT2D eigenvalue weighted by molar-refractivity contribution is 0.0747. The van der Waals surface area contributed by atoms with Crippen molar-refractivity contribution >= 4 is 16.8 Å². The minimum absolute atomic E-state index is 0.0940. The molecule has 3 aromatic carbocycles. The van der Waals surface area contributed by atoms with Gasteiger partial charge in [0.2, 0.25) is 0 Å². The van der Waals surface area contributed by atoms with Crippen LogP contribution in [0.5, 0.6) is 17.4 Å². The van der Waals surface area contributed by atoms with Gasteiger partial charge in [-0.3, -0.25) is 4.79 Å². The predicted octanol–water partition coefficient (Wildman–Crippen LogP) is 5.70. The van der Waals surface area contributed by atoms with Gasteiger partial charge in [-0.1, -0.05) is 42.5 Å². The van der Waals surface area contributed by atoms with Gasteiger partial charge in [-0.05, 0) is 48.4 Å². The van der Waals surface area contributed by atoms with Crippen molar-refractivity contribution in [2.24, 2.45) is 7.05 Å². The highest BCUT2D eigenvalue weighted by Gasteiger charge is 2.19. The number of carbonyl (C=O) groups excluding carboxylic acids is 1. The number of rotatable bonds is 8. The average Bonchev–Trinajstić information content (AvgIpc) is 3.23. The van der Waals surface area contributed by atoms with Crippen LogP contribution in [0.4, 0.5) is 4.39 Å². The first kappa shape index (κ1) is 24.1. The molecule has 0 aliphatic carbocycles. The SMILES string of the molecule is Cc1cnc(Oc2ccc3nc(COc4cccc(C(O)C(=O)c5ccccc5)c4)n(C)c3c2)c(F)c1. The number of Topliss-reactive ketones (excluding diaryl/α,β-unsaturated/α-hetero) is 1. The molecule has 0 radical (unpaired) electrons. The molecule has 1 N–H and O–H groups in total. The van der Waals surface area contributed by atoms with E-state index in [0.717, 1.165) is 11.0 Å². The minimum atomic E-state index is -1.30. The van der Waals surface area contributed by atoms with E-state index in [0.29, 0.717) is 34.0 Å². The van der Waals surface area contributed by atoms with E-state index >= 15 is 0 Å². The Labute approximate surface area is 212 Å². The summed E-state index contributed by atoms with van der Waals surface area (Å²) in [4.78, 5) is 21.2. The molecule has 186 valence electrons. The van der Waals surface area contributed by atoms with Gasteiger partial charge in [-0.25, -0.2) is 14.4 Å². The number of aliphatic hydroxyl groups excluding tert-OH is 1. The van der Waals surface area contributed by atoms with E-state index in [4.69, 9.17) is 9.47 Å². The number of nitrogens with zero attached hydrogens (tertiary/aromatic N) is 3. The number of hydrogen-bond donors (Lipinski definition) is 1. The fraction of sp³-hybridized carbons (Fsp3) is 0.138. The van der Waals surface area contributed by atoms with Crippen LogP contribution in [0, 0.1) is 12.7 Å². The van der Waals surface area contributed by atoms with Gasteiger partial charge in [-0.15, -0.1) is 0 Å². The smallest absolute Gasteiger partial charge is 0.255 e. The van der Waals surface area contributed by atoms with Crippen LogP contribution in [0.25, 0.3) is 11.0 Å². The topological polar surface area (TPSA) is 86.5 Å². The summed E-state index contributed by atoms with van der Waals surface area (Å²) >= 11 is 0. The van der Waals surface area contributed by atoms with Crippen LogP contribution < -0.4 is 9.47 Å². The second-order valence-electron chi connectivity index (χ2n) is 8.63. The first-order chi connectivity index (χ1) is 17.9. The van der Waals surface area contributed by atoms with Gasteiger partial charge >= 0.3 is 0 Å². The Bertz CT molecular complexity index is 1580. The fourth-order valence-electron chi connectivity index (χ4n) is 3.95. The van der Waals surface area contributed by atoms with Crippen molar-refractivity contribution in [1.82, 2.24) is 14.5 Å². The maximum absolute atomic E-state index is 14.1. The fourth-order valence-corrected chi connectivity index (χ4v) is 3.95. The van der Waals surface area contributed by atoms with Gasteiger partial charge in [0.1, 0.15) is 30.0 Å². The van der Waals surface area contributed by atoms with Crippen LogP contribution in [0.15, 0.2) is 85.1 Å². The first-order valence-corrected chi connectivity index (χ1v) is 11.6. The second-order valence-corrected chi connectivity index (χ2v) is 8.63. The minimum Gasteiger partial charge on any atom is -0.486 e. The van der Waals surface area contributed by atoms with Crippen molar-refractivity contribution in [1.29, 1.82) is 0 Å². The number of ketones is 1. The summed E-state index contributed by atoms with van der Waals surface area (Å²) in [7, 11) is 1.85. The quantitative estimate of drug-likeness (QED) is 0.277. The molecule has 37 heavy (non-hydrogen) atoms. The summed E-state index contributed by atoms with van der Waals surface area (Å²) in [5.41, 5.74) is 3.09. The van der Waals surface area contributed by atoms with E-state index in [1.54, 1.807) is 79.9 Å². The van der Waals surface area contributed by atoms with Crippen LogP contribution in [0.1, 0.15) is 33.4 Å². The van der Waals surface area contributed by atoms with Gasteiger partial charge in [0, 0.05) is 24.9 Å². The summed E-state index contributed by atoms with van der Waals surface area (Å²) in [5.74, 6) is 0.572. The Morgan fingerprint density at radius 2 is 1.84 bits per heavy atom. The Morgan fingerprint density at radius 1 is 1.03 bits per heavy atom. The third-order valence-corrected chi connectivity index (χ3v) is 5.95. The van der Waals surface area contributed by atoms with E-state index in [1.165, 1.54) is 6.07 Å². The second kappa shape index (κ2) is 10.2. The zero-order chi connectivity index (χ0) is 25.9. The van der Waals surface area contributed by atoms with Gasteiger partial charge in [0.25, 0.3) is 5.88 Å². The lowest BCUT2D eigenvalue weighted by Crippen LogP contribution is -2.12. The number of aryl methyl sites for hydroxylation is 2. The molecule has 7 nitrogen and oxygen atoms in total. The summed E-state index contributed by atoms with van der Waals surface area (Å²) < 4.78 is 27.6. The normalized spacial score (nSPS) is 11.9. The molecule has 0 spiro atoms. The van der Waals surface area contributed by atoms with E-state index in [9.17, 15) is 14.3 Å². The maximum atomic E-state index is 14.1. The molecule has 0 bridgehead atoms. The number of pyridine rings is 1. The maximum Gasteiger partial charge on any atom is 0.255 e. The number of carbonyl (C=O) groups is 1. The highest BCUT2D eigenvalue weighted by atomic mass is 19.1. The van der Waals surface area contributed by atoms with Crippen molar-refractivity contribution in [3.63, 3.8) is 0 Å². The third kappa shape index (κ3) is 5.19. The van der Waals surface area contributed by atoms with Gasteiger partial charge in [0.15, 0.2) is 11.6 Å². The highest BCUT2D eigenvalue weighted by Crippen LogP contribution is 2.28. The largest absolute Gasteiger partial charge is 0.486 e. The molecule has 5 rings (SSSR count).